The number of piperazine rings is 1. The van der Waals surface area contributed by atoms with Gasteiger partial charge in [0.05, 0.1) is 12.8 Å². The summed E-state index contributed by atoms with van der Waals surface area (Å²) in [7, 11) is 1.62. The SMILES string of the molecule is COc1ccc(C)cc1NC(=O)CCN1CCN(C/C=C/c2ccccc2)CC1. The molecule has 1 aliphatic heterocycles. The number of carbonyl (C=O) groups is 1. The number of hydrogen-bond acceptors (Lipinski definition) is 4. The largest absolute Gasteiger partial charge is 0.495 e. The fourth-order valence-electron chi connectivity index (χ4n) is 3.49. The molecule has 0 unspecified atom stereocenters. The molecule has 0 atom stereocenters. The lowest BCUT2D eigenvalue weighted by Crippen LogP contribution is -2.46. The van der Waals surface area contributed by atoms with E-state index in [1.165, 1.54) is 5.56 Å². The zero-order valence-electron chi connectivity index (χ0n) is 17.4. The van der Waals surface area contributed by atoms with Gasteiger partial charge in [0.2, 0.25) is 5.91 Å². The average Bonchev–Trinajstić information content (AvgIpc) is 2.74. The third-order valence-corrected chi connectivity index (χ3v) is 5.22. The zero-order chi connectivity index (χ0) is 20.5. The highest BCUT2D eigenvalue weighted by Gasteiger charge is 2.17. The van der Waals surface area contributed by atoms with Crippen molar-refractivity contribution in [1.82, 2.24) is 9.80 Å². The third-order valence-electron chi connectivity index (χ3n) is 5.22. The Hall–Kier alpha value is -2.63. The van der Waals surface area contributed by atoms with E-state index < -0.39 is 0 Å². The molecule has 0 aromatic heterocycles. The summed E-state index contributed by atoms with van der Waals surface area (Å²) in [5, 5.41) is 2.98. The topological polar surface area (TPSA) is 44.8 Å². The van der Waals surface area contributed by atoms with E-state index in [4.69, 9.17) is 4.74 Å². The van der Waals surface area contributed by atoms with Crippen molar-refractivity contribution in [3.8, 4) is 5.75 Å². The molecule has 1 heterocycles. The molecule has 154 valence electrons. The molecule has 1 N–H and O–H groups in total. The van der Waals surface area contributed by atoms with Crippen molar-refractivity contribution in [3.05, 3.63) is 65.7 Å². The Kier molecular flexibility index (Phi) is 7.85. The Morgan fingerprint density at radius 1 is 1.07 bits per heavy atom. The number of methoxy groups -OCH3 is 1. The first-order valence-electron chi connectivity index (χ1n) is 10.2. The predicted octanol–water partition coefficient (Wildman–Crippen LogP) is 3.66. The molecule has 29 heavy (non-hydrogen) atoms. The van der Waals surface area contributed by atoms with E-state index in [9.17, 15) is 4.79 Å². The maximum absolute atomic E-state index is 12.4. The standard InChI is InChI=1S/C24H31N3O2/c1-20-10-11-23(29-2)22(19-20)25-24(28)12-14-27-17-15-26(16-18-27)13-6-9-21-7-4-3-5-8-21/h3-11,19H,12-18H2,1-2H3,(H,25,28)/b9-6+. The van der Waals surface area contributed by atoms with Gasteiger partial charge in [0.25, 0.3) is 0 Å². The van der Waals surface area contributed by atoms with Crippen molar-refractivity contribution in [2.24, 2.45) is 0 Å². The maximum Gasteiger partial charge on any atom is 0.225 e. The van der Waals surface area contributed by atoms with Gasteiger partial charge in [0.1, 0.15) is 5.75 Å². The molecule has 1 saturated heterocycles. The summed E-state index contributed by atoms with van der Waals surface area (Å²) in [6, 6.07) is 16.2. The Balaban J connectivity index is 1.37. The van der Waals surface area contributed by atoms with E-state index in [1.807, 2.05) is 31.2 Å². The number of nitrogens with zero attached hydrogens (tertiary/aromatic N) is 2. The minimum atomic E-state index is 0.0297. The lowest BCUT2D eigenvalue weighted by atomic mass is 10.2. The average molecular weight is 394 g/mol. The van der Waals surface area contributed by atoms with Gasteiger partial charge in [-0.05, 0) is 30.2 Å². The Morgan fingerprint density at radius 2 is 1.79 bits per heavy atom. The predicted molar refractivity (Wildman–Crippen MR) is 119 cm³/mol. The number of rotatable bonds is 8. The second kappa shape index (κ2) is 10.8. The molecule has 0 saturated carbocycles. The number of benzene rings is 2. The van der Waals surface area contributed by atoms with Gasteiger partial charge in [0, 0.05) is 45.7 Å². The van der Waals surface area contributed by atoms with Crippen molar-refractivity contribution < 1.29 is 9.53 Å². The lowest BCUT2D eigenvalue weighted by molar-refractivity contribution is -0.116. The Labute approximate surface area is 174 Å². The lowest BCUT2D eigenvalue weighted by Gasteiger charge is -2.34. The fourth-order valence-corrected chi connectivity index (χ4v) is 3.49. The quantitative estimate of drug-likeness (QED) is 0.743. The number of nitrogens with one attached hydrogen (secondary N) is 1. The van der Waals surface area contributed by atoms with E-state index in [0.717, 1.165) is 50.5 Å². The highest BCUT2D eigenvalue weighted by atomic mass is 16.5. The van der Waals surface area contributed by atoms with Crippen LogP contribution in [0.25, 0.3) is 6.08 Å². The number of ether oxygens (including phenoxy) is 1. The number of carbonyl (C=O) groups excluding carboxylic acids is 1. The smallest absolute Gasteiger partial charge is 0.225 e. The molecular weight excluding hydrogens is 362 g/mol. The molecule has 3 rings (SSSR count). The van der Waals surface area contributed by atoms with E-state index in [0.29, 0.717) is 12.2 Å². The van der Waals surface area contributed by atoms with Gasteiger partial charge in [-0.1, -0.05) is 48.6 Å². The minimum absolute atomic E-state index is 0.0297. The highest BCUT2D eigenvalue weighted by Crippen LogP contribution is 2.25. The van der Waals surface area contributed by atoms with E-state index in [2.05, 4.69) is 51.5 Å². The number of amides is 1. The van der Waals surface area contributed by atoms with Crippen molar-refractivity contribution in [1.29, 1.82) is 0 Å². The van der Waals surface area contributed by atoms with Gasteiger partial charge in [-0.25, -0.2) is 0 Å². The van der Waals surface area contributed by atoms with Crippen LogP contribution in [-0.4, -0.2) is 62.1 Å². The van der Waals surface area contributed by atoms with Crippen LogP contribution in [-0.2, 0) is 4.79 Å². The first kappa shape index (κ1) is 21.1. The summed E-state index contributed by atoms with van der Waals surface area (Å²) in [5.74, 6) is 0.725. The molecule has 0 radical (unpaired) electrons. The van der Waals surface area contributed by atoms with Crippen LogP contribution in [0, 0.1) is 6.92 Å². The molecular formula is C24H31N3O2. The van der Waals surface area contributed by atoms with Gasteiger partial charge in [0.15, 0.2) is 0 Å². The maximum atomic E-state index is 12.4. The van der Waals surface area contributed by atoms with Crippen LogP contribution in [0.2, 0.25) is 0 Å². The number of hydrogen-bond donors (Lipinski definition) is 1. The summed E-state index contributed by atoms with van der Waals surface area (Å²) in [4.78, 5) is 17.2. The Bertz CT molecular complexity index is 812. The summed E-state index contributed by atoms with van der Waals surface area (Å²) in [6.07, 6.45) is 4.90. The fraction of sp³-hybridized carbons (Fsp3) is 0.375. The number of anilines is 1. The molecule has 1 fully saturated rings. The first-order valence-corrected chi connectivity index (χ1v) is 10.2. The van der Waals surface area contributed by atoms with Crippen LogP contribution in [0.3, 0.4) is 0 Å². The molecule has 5 heteroatoms. The van der Waals surface area contributed by atoms with Crippen molar-refractivity contribution in [3.63, 3.8) is 0 Å². The zero-order valence-corrected chi connectivity index (χ0v) is 17.4. The van der Waals surface area contributed by atoms with E-state index in [-0.39, 0.29) is 5.91 Å². The molecule has 0 aliphatic carbocycles. The second-order valence-corrected chi connectivity index (χ2v) is 7.46. The van der Waals surface area contributed by atoms with Crippen LogP contribution in [0.5, 0.6) is 5.75 Å². The minimum Gasteiger partial charge on any atom is -0.495 e. The summed E-state index contributed by atoms with van der Waals surface area (Å²) in [6.45, 7) is 7.83. The van der Waals surface area contributed by atoms with Gasteiger partial charge in [-0.3, -0.25) is 9.69 Å². The van der Waals surface area contributed by atoms with Crippen LogP contribution in [0.4, 0.5) is 5.69 Å². The van der Waals surface area contributed by atoms with Gasteiger partial charge >= 0.3 is 0 Å². The van der Waals surface area contributed by atoms with Crippen molar-refractivity contribution in [2.45, 2.75) is 13.3 Å². The molecule has 5 nitrogen and oxygen atoms in total. The van der Waals surface area contributed by atoms with Crippen molar-refractivity contribution in [2.75, 3.05) is 51.7 Å². The summed E-state index contributed by atoms with van der Waals surface area (Å²) >= 11 is 0. The molecule has 2 aromatic rings. The highest BCUT2D eigenvalue weighted by molar-refractivity contribution is 5.92. The van der Waals surface area contributed by atoms with Gasteiger partial charge in [-0.15, -0.1) is 0 Å². The first-order chi connectivity index (χ1) is 14.1. The molecule has 1 aliphatic rings. The third kappa shape index (κ3) is 6.73. The normalized spacial score (nSPS) is 15.5. The summed E-state index contributed by atoms with van der Waals surface area (Å²) < 4.78 is 5.33. The van der Waals surface area contributed by atoms with Crippen LogP contribution in [0.1, 0.15) is 17.5 Å². The molecule has 0 bridgehead atoms. The summed E-state index contributed by atoms with van der Waals surface area (Å²) in [5.41, 5.74) is 3.08. The van der Waals surface area contributed by atoms with Crippen LogP contribution < -0.4 is 10.1 Å². The molecule has 2 aromatic carbocycles. The molecule has 0 spiro atoms. The Morgan fingerprint density at radius 3 is 2.52 bits per heavy atom. The van der Waals surface area contributed by atoms with Gasteiger partial charge < -0.3 is 15.0 Å². The monoisotopic (exact) mass is 393 g/mol. The van der Waals surface area contributed by atoms with E-state index >= 15 is 0 Å². The van der Waals surface area contributed by atoms with Crippen molar-refractivity contribution >= 4 is 17.7 Å². The number of aryl methyl sites for hydroxylation is 1. The second-order valence-electron chi connectivity index (χ2n) is 7.46. The molecule has 1 amide bonds. The van der Waals surface area contributed by atoms with Crippen LogP contribution in [0.15, 0.2) is 54.6 Å². The van der Waals surface area contributed by atoms with Crippen LogP contribution >= 0.6 is 0 Å². The van der Waals surface area contributed by atoms with Gasteiger partial charge in [-0.2, -0.15) is 0 Å². The van der Waals surface area contributed by atoms with E-state index in [1.54, 1.807) is 7.11 Å².